The highest BCUT2D eigenvalue weighted by Gasteiger charge is 2.08. The standard InChI is InChI=1S/C17H15BrIN3O2/c18-14-3-1-2-4-15(14)21-16(23)9-10-17(24)22-20-11-12-5-7-13(19)8-6-12/h1-8,11H,9-10H2,(H,21,23)(H,22,24)/b20-11+. The molecule has 0 bridgehead atoms. The number of hydrogen-bond donors (Lipinski definition) is 2. The van der Waals surface area contributed by atoms with Crippen LogP contribution in [0.1, 0.15) is 18.4 Å². The Balaban J connectivity index is 1.73. The number of carbonyl (C=O) groups excluding carboxylic acids is 2. The van der Waals surface area contributed by atoms with E-state index in [1.54, 1.807) is 12.3 Å². The van der Waals surface area contributed by atoms with Gasteiger partial charge in [0, 0.05) is 20.9 Å². The SMILES string of the molecule is O=C(CCC(=O)Nc1ccccc1Br)N/N=C/c1ccc(I)cc1. The molecule has 2 N–H and O–H groups in total. The number of nitrogens with zero attached hydrogens (tertiary/aromatic N) is 1. The fourth-order valence-electron chi connectivity index (χ4n) is 1.79. The Bertz CT molecular complexity index is 748. The fraction of sp³-hybridized carbons (Fsp3) is 0.118. The van der Waals surface area contributed by atoms with Crippen molar-refractivity contribution in [2.75, 3.05) is 5.32 Å². The fourth-order valence-corrected chi connectivity index (χ4v) is 2.53. The lowest BCUT2D eigenvalue weighted by molar-refractivity contribution is -0.124. The van der Waals surface area contributed by atoms with Crippen molar-refractivity contribution in [3.63, 3.8) is 0 Å². The Kier molecular flexibility index (Phi) is 7.38. The zero-order chi connectivity index (χ0) is 17.4. The molecule has 7 heteroatoms. The van der Waals surface area contributed by atoms with Crippen LogP contribution in [0.4, 0.5) is 5.69 Å². The summed E-state index contributed by atoms with van der Waals surface area (Å²) in [5, 5.41) is 6.63. The molecule has 124 valence electrons. The molecule has 0 fully saturated rings. The molecular formula is C17H15BrIN3O2. The van der Waals surface area contributed by atoms with Gasteiger partial charge in [-0.05, 0) is 68.3 Å². The maximum Gasteiger partial charge on any atom is 0.240 e. The average molecular weight is 500 g/mol. The zero-order valence-electron chi connectivity index (χ0n) is 12.6. The molecule has 0 aliphatic rings. The molecule has 2 aromatic rings. The molecular weight excluding hydrogens is 485 g/mol. The topological polar surface area (TPSA) is 70.6 Å². The third kappa shape index (κ3) is 6.40. The van der Waals surface area contributed by atoms with Gasteiger partial charge in [-0.1, -0.05) is 24.3 Å². The molecule has 2 rings (SSSR count). The van der Waals surface area contributed by atoms with Crippen molar-refractivity contribution in [3.8, 4) is 0 Å². The van der Waals surface area contributed by atoms with Gasteiger partial charge in [-0.15, -0.1) is 0 Å². The van der Waals surface area contributed by atoms with Crippen LogP contribution >= 0.6 is 38.5 Å². The Morgan fingerprint density at radius 3 is 2.42 bits per heavy atom. The second-order valence-corrected chi connectivity index (χ2v) is 6.97. The summed E-state index contributed by atoms with van der Waals surface area (Å²) in [5.41, 5.74) is 3.99. The first kappa shape index (κ1) is 18.6. The summed E-state index contributed by atoms with van der Waals surface area (Å²) < 4.78 is 1.93. The highest BCUT2D eigenvalue weighted by molar-refractivity contribution is 14.1. The van der Waals surface area contributed by atoms with Crippen molar-refractivity contribution in [3.05, 3.63) is 62.1 Å². The summed E-state index contributed by atoms with van der Waals surface area (Å²) in [7, 11) is 0. The molecule has 0 aromatic heterocycles. The van der Waals surface area contributed by atoms with Gasteiger partial charge < -0.3 is 5.32 Å². The van der Waals surface area contributed by atoms with Crippen molar-refractivity contribution in [1.82, 2.24) is 5.43 Å². The molecule has 0 aliphatic carbocycles. The lowest BCUT2D eigenvalue weighted by Crippen LogP contribution is -2.20. The average Bonchev–Trinajstić information content (AvgIpc) is 2.57. The third-order valence-corrected chi connectivity index (χ3v) is 4.41. The summed E-state index contributed by atoms with van der Waals surface area (Å²) in [5.74, 6) is -0.530. The normalized spacial score (nSPS) is 10.6. The van der Waals surface area contributed by atoms with Crippen LogP contribution in [0.5, 0.6) is 0 Å². The third-order valence-electron chi connectivity index (χ3n) is 3.00. The van der Waals surface area contributed by atoms with E-state index in [9.17, 15) is 9.59 Å². The van der Waals surface area contributed by atoms with Gasteiger partial charge in [0.1, 0.15) is 0 Å². The number of benzene rings is 2. The van der Waals surface area contributed by atoms with Gasteiger partial charge >= 0.3 is 0 Å². The molecule has 5 nitrogen and oxygen atoms in total. The van der Waals surface area contributed by atoms with Crippen molar-refractivity contribution >= 4 is 62.2 Å². The maximum atomic E-state index is 11.8. The smallest absolute Gasteiger partial charge is 0.240 e. The number of hydrazone groups is 1. The second-order valence-electron chi connectivity index (χ2n) is 4.87. The number of hydrogen-bond acceptors (Lipinski definition) is 3. The van der Waals surface area contributed by atoms with Crippen LogP contribution in [0.3, 0.4) is 0 Å². The number of rotatable bonds is 6. The Morgan fingerprint density at radius 2 is 1.71 bits per heavy atom. The van der Waals surface area contributed by atoms with Crippen LogP contribution in [0.15, 0.2) is 58.1 Å². The van der Waals surface area contributed by atoms with Crippen LogP contribution in [-0.4, -0.2) is 18.0 Å². The Hall–Kier alpha value is -1.74. The van der Waals surface area contributed by atoms with Crippen molar-refractivity contribution < 1.29 is 9.59 Å². The van der Waals surface area contributed by atoms with E-state index in [1.807, 2.05) is 42.5 Å². The first-order valence-electron chi connectivity index (χ1n) is 7.16. The van der Waals surface area contributed by atoms with Crippen LogP contribution in [0.2, 0.25) is 0 Å². The van der Waals surface area contributed by atoms with Gasteiger partial charge in [0.05, 0.1) is 11.9 Å². The van der Waals surface area contributed by atoms with Gasteiger partial charge in [0.15, 0.2) is 0 Å². The van der Waals surface area contributed by atoms with Crippen molar-refractivity contribution in [2.45, 2.75) is 12.8 Å². The molecule has 0 aliphatic heterocycles. The number of para-hydroxylation sites is 1. The lowest BCUT2D eigenvalue weighted by atomic mass is 10.2. The van der Waals surface area contributed by atoms with E-state index >= 15 is 0 Å². The molecule has 0 saturated heterocycles. The van der Waals surface area contributed by atoms with E-state index < -0.39 is 0 Å². The first-order valence-corrected chi connectivity index (χ1v) is 9.03. The van der Waals surface area contributed by atoms with E-state index in [-0.39, 0.29) is 24.7 Å². The molecule has 0 radical (unpaired) electrons. The molecule has 24 heavy (non-hydrogen) atoms. The van der Waals surface area contributed by atoms with E-state index in [0.717, 1.165) is 13.6 Å². The number of nitrogens with one attached hydrogen (secondary N) is 2. The van der Waals surface area contributed by atoms with Gasteiger partial charge in [-0.2, -0.15) is 5.10 Å². The molecule has 0 unspecified atom stereocenters. The Morgan fingerprint density at radius 1 is 1.04 bits per heavy atom. The number of amides is 2. The van der Waals surface area contributed by atoms with E-state index in [0.29, 0.717) is 5.69 Å². The van der Waals surface area contributed by atoms with Crippen LogP contribution in [0, 0.1) is 3.57 Å². The molecule has 0 atom stereocenters. The van der Waals surface area contributed by atoms with E-state index in [2.05, 4.69) is 54.4 Å². The molecule has 2 amide bonds. The highest BCUT2D eigenvalue weighted by Crippen LogP contribution is 2.21. The summed E-state index contributed by atoms with van der Waals surface area (Å²) in [6.45, 7) is 0. The summed E-state index contributed by atoms with van der Waals surface area (Å²) >= 11 is 5.57. The van der Waals surface area contributed by atoms with Gasteiger partial charge in [0.2, 0.25) is 11.8 Å². The lowest BCUT2D eigenvalue weighted by Gasteiger charge is -2.06. The monoisotopic (exact) mass is 499 g/mol. The summed E-state index contributed by atoms with van der Waals surface area (Å²) in [6, 6.07) is 15.0. The molecule has 0 heterocycles. The summed E-state index contributed by atoms with van der Waals surface area (Å²) in [6.07, 6.45) is 1.72. The number of halogens is 2. The first-order chi connectivity index (χ1) is 11.5. The predicted molar refractivity (Wildman–Crippen MR) is 107 cm³/mol. The quantitative estimate of drug-likeness (QED) is 0.359. The van der Waals surface area contributed by atoms with Crippen LogP contribution in [0.25, 0.3) is 0 Å². The van der Waals surface area contributed by atoms with Crippen molar-refractivity contribution in [1.29, 1.82) is 0 Å². The minimum atomic E-state index is -0.306. The van der Waals surface area contributed by atoms with E-state index in [4.69, 9.17) is 0 Å². The highest BCUT2D eigenvalue weighted by atomic mass is 127. The molecule has 0 spiro atoms. The predicted octanol–water partition coefficient (Wildman–Crippen LogP) is 3.92. The summed E-state index contributed by atoms with van der Waals surface area (Å²) in [4.78, 5) is 23.5. The maximum absolute atomic E-state index is 11.8. The minimum Gasteiger partial charge on any atom is -0.325 e. The van der Waals surface area contributed by atoms with Crippen LogP contribution < -0.4 is 10.7 Å². The minimum absolute atomic E-state index is 0.0698. The van der Waals surface area contributed by atoms with E-state index in [1.165, 1.54) is 0 Å². The molecule has 2 aromatic carbocycles. The van der Waals surface area contributed by atoms with Gasteiger partial charge in [-0.25, -0.2) is 5.43 Å². The number of carbonyl (C=O) groups is 2. The van der Waals surface area contributed by atoms with Crippen LogP contribution in [-0.2, 0) is 9.59 Å². The Labute approximate surface area is 162 Å². The molecule has 0 saturated carbocycles. The second kappa shape index (κ2) is 9.53. The largest absolute Gasteiger partial charge is 0.325 e. The number of anilines is 1. The zero-order valence-corrected chi connectivity index (χ0v) is 16.4. The van der Waals surface area contributed by atoms with Gasteiger partial charge in [-0.3, -0.25) is 9.59 Å². The van der Waals surface area contributed by atoms with Crippen molar-refractivity contribution in [2.24, 2.45) is 5.10 Å². The van der Waals surface area contributed by atoms with Gasteiger partial charge in [0.25, 0.3) is 0 Å².